The number of nitrogens with two attached hydrogens (primary N) is 1. The average Bonchev–Trinajstić information content (AvgIpc) is 2.26. The zero-order valence-corrected chi connectivity index (χ0v) is 10.0. The molecular weight excluding hydrogens is 240 g/mol. The van der Waals surface area contributed by atoms with Gasteiger partial charge in [0.2, 0.25) is 0 Å². The van der Waals surface area contributed by atoms with E-state index in [-0.39, 0.29) is 0 Å². The summed E-state index contributed by atoms with van der Waals surface area (Å²) in [5.74, 6) is -1.15. The van der Waals surface area contributed by atoms with Gasteiger partial charge in [0.15, 0.2) is 0 Å². The van der Waals surface area contributed by atoms with Gasteiger partial charge in [-0.1, -0.05) is 23.9 Å². The lowest BCUT2D eigenvalue weighted by molar-refractivity contribution is 0.565. The van der Waals surface area contributed by atoms with Crippen LogP contribution in [0.2, 0.25) is 0 Å². The fraction of sp³-hybridized carbons (Fsp3) is 0.0769. The smallest absolute Gasteiger partial charge is 0.140 e. The SMILES string of the molecule is Cc1cccc(N)c1Sc1ccc(F)cc1F. The zero-order chi connectivity index (χ0) is 12.4. The number of halogens is 2. The van der Waals surface area contributed by atoms with Gasteiger partial charge in [0.25, 0.3) is 0 Å². The normalized spacial score (nSPS) is 10.5. The van der Waals surface area contributed by atoms with Gasteiger partial charge in [0.05, 0.1) is 0 Å². The Morgan fingerprint density at radius 2 is 1.88 bits per heavy atom. The fourth-order valence-electron chi connectivity index (χ4n) is 1.48. The van der Waals surface area contributed by atoms with Crippen LogP contribution in [0.5, 0.6) is 0 Å². The van der Waals surface area contributed by atoms with E-state index in [9.17, 15) is 8.78 Å². The van der Waals surface area contributed by atoms with Gasteiger partial charge >= 0.3 is 0 Å². The highest BCUT2D eigenvalue weighted by atomic mass is 32.2. The minimum absolute atomic E-state index is 0.368. The van der Waals surface area contributed by atoms with Crippen molar-refractivity contribution >= 4 is 17.4 Å². The van der Waals surface area contributed by atoms with Gasteiger partial charge in [-0.25, -0.2) is 8.78 Å². The zero-order valence-electron chi connectivity index (χ0n) is 9.21. The topological polar surface area (TPSA) is 26.0 Å². The maximum absolute atomic E-state index is 13.5. The molecule has 0 unspecified atom stereocenters. The monoisotopic (exact) mass is 251 g/mol. The molecule has 2 aromatic rings. The van der Waals surface area contributed by atoms with Crippen molar-refractivity contribution in [3.63, 3.8) is 0 Å². The van der Waals surface area contributed by atoms with Crippen LogP contribution in [0.15, 0.2) is 46.2 Å². The number of anilines is 1. The van der Waals surface area contributed by atoms with E-state index >= 15 is 0 Å². The third-order valence-electron chi connectivity index (χ3n) is 2.35. The highest BCUT2D eigenvalue weighted by Crippen LogP contribution is 2.35. The molecular formula is C13H11F2NS. The minimum atomic E-state index is -0.579. The van der Waals surface area contributed by atoms with Crippen LogP contribution in [0.3, 0.4) is 0 Å². The molecule has 0 fully saturated rings. The molecule has 0 aliphatic carbocycles. The molecule has 2 N–H and O–H groups in total. The van der Waals surface area contributed by atoms with Crippen molar-refractivity contribution in [3.8, 4) is 0 Å². The molecule has 0 bridgehead atoms. The lowest BCUT2D eigenvalue weighted by Gasteiger charge is -2.09. The Morgan fingerprint density at radius 3 is 2.53 bits per heavy atom. The Labute approximate surface area is 103 Å². The first-order valence-electron chi connectivity index (χ1n) is 5.06. The molecule has 88 valence electrons. The average molecular weight is 251 g/mol. The second-order valence-corrected chi connectivity index (χ2v) is 4.72. The molecule has 0 aliphatic heterocycles. The van der Waals surface area contributed by atoms with E-state index in [1.807, 2.05) is 19.1 Å². The van der Waals surface area contributed by atoms with Crippen LogP contribution in [0.25, 0.3) is 0 Å². The van der Waals surface area contributed by atoms with Crippen molar-refractivity contribution in [1.29, 1.82) is 0 Å². The first kappa shape index (κ1) is 11.9. The van der Waals surface area contributed by atoms with Crippen LogP contribution >= 0.6 is 11.8 Å². The Hall–Kier alpha value is -1.55. The molecule has 0 saturated carbocycles. The fourth-order valence-corrected chi connectivity index (χ4v) is 2.41. The third-order valence-corrected chi connectivity index (χ3v) is 3.66. The molecule has 4 heteroatoms. The van der Waals surface area contributed by atoms with Crippen molar-refractivity contribution in [1.82, 2.24) is 0 Å². The van der Waals surface area contributed by atoms with Gasteiger partial charge in [-0.3, -0.25) is 0 Å². The molecule has 0 aromatic heterocycles. The standard InChI is InChI=1S/C13H11F2NS/c1-8-3-2-4-11(16)13(8)17-12-6-5-9(14)7-10(12)15/h2-7H,16H2,1H3. The molecule has 1 nitrogen and oxygen atoms in total. The Bertz CT molecular complexity index is 535. The molecule has 0 atom stereocenters. The summed E-state index contributed by atoms with van der Waals surface area (Å²) >= 11 is 1.21. The molecule has 0 radical (unpaired) electrons. The highest BCUT2D eigenvalue weighted by Gasteiger charge is 2.09. The first-order chi connectivity index (χ1) is 8.08. The summed E-state index contributed by atoms with van der Waals surface area (Å²) < 4.78 is 26.3. The lowest BCUT2D eigenvalue weighted by atomic mass is 10.2. The van der Waals surface area contributed by atoms with Gasteiger partial charge in [-0.05, 0) is 30.7 Å². The Balaban J connectivity index is 2.38. The van der Waals surface area contributed by atoms with Crippen LogP contribution in [0, 0.1) is 18.6 Å². The van der Waals surface area contributed by atoms with Crippen LogP contribution in [0.1, 0.15) is 5.56 Å². The first-order valence-corrected chi connectivity index (χ1v) is 5.87. The van der Waals surface area contributed by atoms with Crippen molar-refractivity contribution in [2.75, 3.05) is 5.73 Å². The van der Waals surface area contributed by atoms with Gasteiger partial charge in [-0.15, -0.1) is 0 Å². The van der Waals surface area contributed by atoms with Gasteiger partial charge in [0.1, 0.15) is 11.6 Å². The predicted octanol–water partition coefficient (Wildman–Crippen LogP) is 4.01. The van der Waals surface area contributed by atoms with Crippen LogP contribution in [0.4, 0.5) is 14.5 Å². The number of nitrogen functional groups attached to an aromatic ring is 1. The van der Waals surface area contributed by atoms with E-state index in [0.29, 0.717) is 10.6 Å². The maximum atomic E-state index is 13.5. The van der Waals surface area contributed by atoms with Gasteiger partial charge in [-0.2, -0.15) is 0 Å². The van der Waals surface area contributed by atoms with E-state index in [1.165, 1.54) is 23.9 Å². The van der Waals surface area contributed by atoms with Gasteiger partial charge < -0.3 is 5.73 Å². The molecule has 2 aromatic carbocycles. The minimum Gasteiger partial charge on any atom is -0.398 e. The lowest BCUT2D eigenvalue weighted by Crippen LogP contribution is -1.92. The van der Waals surface area contributed by atoms with E-state index in [1.54, 1.807) is 6.07 Å². The summed E-state index contributed by atoms with van der Waals surface area (Å²) in [5, 5.41) is 0. The van der Waals surface area contributed by atoms with E-state index < -0.39 is 11.6 Å². The summed E-state index contributed by atoms with van der Waals surface area (Å²) in [6.07, 6.45) is 0. The molecule has 17 heavy (non-hydrogen) atoms. The molecule has 0 amide bonds. The molecule has 0 spiro atoms. The summed E-state index contributed by atoms with van der Waals surface area (Å²) in [4.78, 5) is 1.17. The summed E-state index contributed by atoms with van der Waals surface area (Å²) in [5.41, 5.74) is 7.40. The van der Waals surface area contributed by atoms with Crippen LogP contribution in [-0.4, -0.2) is 0 Å². The molecule has 2 rings (SSSR count). The Kier molecular flexibility index (Phi) is 3.33. The van der Waals surface area contributed by atoms with E-state index in [4.69, 9.17) is 5.73 Å². The number of hydrogen-bond acceptors (Lipinski definition) is 2. The van der Waals surface area contributed by atoms with E-state index in [2.05, 4.69) is 0 Å². The van der Waals surface area contributed by atoms with Crippen molar-refractivity contribution < 1.29 is 8.78 Å². The van der Waals surface area contributed by atoms with Crippen molar-refractivity contribution in [2.24, 2.45) is 0 Å². The predicted molar refractivity (Wildman–Crippen MR) is 66.1 cm³/mol. The quantitative estimate of drug-likeness (QED) is 0.816. The number of hydrogen-bond donors (Lipinski definition) is 1. The number of aryl methyl sites for hydroxylation is 1. The van der Waals surface area contributed by atoms with E-state index in [0.717, 1.165) is 16.5 Å². The molecule has 0 heterocycles. The summed E-state index contributed by atoms with van der Waals surface area (Å²) in [6.45, 7) is 1.90. The maximum Gasteiger partial charge on any atom is 0.140 e. The second-order valence-electron chi connectivity index (χ2n) is 3.67. The number of benzene rings is 2. The largest absolute Gasteiger partial charge is 0.398 e. The number of rotatable bonds is 2. The summed E-state index contributed by atoms with van der Waals surface area (Å²) in [6, 6.07) is 9.03. The summed E-state index contributed by atoms with van der Waals surface area (Å²) in [7, 11) is 0. The second kappa shape index (κ2) is 4.75. The highest BCUT2D eigenvalue weighted by molar-refractivity contribution is 7.99. The Morgan fingerprint density at radius 1 is 1.12 bits per heavy atom. The third kappa shape index (κ3) is 2.58. The van der Waals surface area contributed by atoms with Crippen LogP contribution < -0.4 is 5.73 Å². The van der Waals surface area contributed by atoms with Gasteiger partial charge in [0, 0.05) is 21.5 Å². The molecule has 0 aliphatic rings. The van der Waals surface area contributed by atoms with Crippen LogP contribution in [-0.2, 0) is 0 Å². The van der Waals surface area contributed by atoms with Crippen molar-refractivity contribution in [2.45, 2.75) is 16.7 Å². The molecule has 0 saturated heterocycles. The van der Waals surface area contributed by atoms with Crippen molar-refractivity contribution in [3.05, 3.63) is 53.6 Å².